The molecule has 1 fully saturated rings. The Morgan fingerprint density at radius 1 is 1.07 bits per heavy atom. The highest BCUT2D eigenvalue weighted by Gasteiger charge is 2.33. The fourth-order valence-electron chi connectivity index (χ4n) is 3.15. The number of benzene rings is 2. The number of halogens is 3. The first-order valence-corrected chi connectivity index (χ1v) is 10.5. The van der Waals surface area contributed by atoms with E-state index in [1.165, 1.54) is 12.1 Å². The molecule has 4 nitrogen and oxygen atoms in total. The summed E-state index contributed by atoms with van der Waals surface area (Å²) in [5, 5.41) is 0. The molecule has 2 aromatic carbocycles. The number of amides is 1. The molecule has 0 atom stereocenters. The summed E-state index contributed by atoms with van der Waals surface area (Å²) in [6.45, 7) is 4.89. The molecule has 7 heteroatoms. The first-order chi connectivity index (χ1) is 13.9. The Balaban J connectivity index is 1.80. The Bertz CT molecular complexity index is 887. The molecule has 0 N–H and O–H groups in total. The lowest BCUT2D eigenvalue weighted by Crippen LogP contribution is -2.34. The van der Waals surface area contributed by atoms with Crippen LogP contribution >= 0.6 is 15.9 Å². The number of hydrogen-bond donors (Lipinski definition) is 0. The van der Waals surface area contributed by atoms with Gasteiger partial charge in [0, 0.05) is 28.7 Å². The van der Waals surface area contributed by atoms with Gasteiger partial charge in [-0.05, 0) is 50.5 Å². The van der Waals surface area contributed by atoms with Crippen molar-refractivity contribution >= 4 is 21.8 Å². The Hall–Kier alpha value is -2.15. The Morgan fingerprint density at radius 3 is 2.31 bits per heavy atom. The van der Waals surface area contributed by atoms with Gasteiger partial charge in [0.25, 0.3) is 0 Å². The lowest BCUT2D eigenvalue weighted by molar-refractivity contribution is -0.131. The third-order valence-electron chi connectivity index (χ3n) is 4.72. The number of carbonyl (C=O) groups is 1. The van der Waals surface area contributed by atoms with Crippen molar-refractivity contribution in [3.05, 3.63) is 57.6 Å². The van der Waals surface area contributed by atoms with Crippen molar-refractivity contribution in [2.75, 3.05) is 13.2 Å². The summed E-state index contributed by atoms with van der Waals surface area (Å²) in [5.41, 5.74) is 1.08. The predicted molar refractivity (Wildman–Crippen MR) is 110 cm³/mol. The fourth-order valence-corrected chi connectivity index (χ4v) is 3.62. The predicted octanol–water partition coefficient (Wildman–Crippen LogP) is 5.26. The zero-order chi connectivity index (χ0) is 21.0. The molecule has 29 heavy (non-hydrogen) atoms. The van der Waals surface area contributed by atoms with Gasteiger partial charge in [-0.3, -0.25) is 4.79 Å². The van der Waals surface area contributed by atoms with Gasteiger partial charge in [0.05, 0.1) is 19.6 Å². The maximum absolute atomic E-state index is 14.1. The Kier molecular flexibility index (Phi) is 7.11. The largest absolute Gasteiger partial charge is 0.490 e. The molecule has 2 aromatic rings. The summed E-state index contributed by atoms with van der Waals surface area (Å²) >= 11 is 3.51. The van der Waals surface area contributed by atoms with Crippen LogP contribution in [0.5, 0.6) is 11.5 Å². The van der Waals surface area contributed by atoms with Crippen LogP contribution in [0.2, 0.25) is 0 Å². The van der Waals surface area contributed by atoms with Gasteiger partial charge < -0.3 is 14.4 Å². The van der Waals surface area contributed by atoms with Crippen LogP contribution in [0.3, 0.4) is 0 Å². The number of hydrogen-bond acceptors (Lipinski definition) is 3. The number of rotatable bonds is 9. The second-order valence-electron chi connectivity index (χ2n) is 6.92. The Labute approximate surface area is 177 Å². The molecule has 1 aliphatic carbocycles. The second kappa shape index (κ2) is 9.57. The van der Waals surface area contributed by atoms with Crippen molar-refractivity contribution in [1.82, 2.24) is 4.90 Å². The van der Waals surface area contributed by atoms with E-state index in [-0.39, 0.29) is 24.9 Å². The van der Waals surface area contributed by atoms with Gasteiger partial charge in [-0.2, -0.15) is 0 Å². The molecular formula is C22H24BrF2NO3. The summed E-state index contributed by atoms with van der Waals surface area (Å²) in [5.74, 6) is -0.169. The van der Waals surface area contributed by atoms with Gasteiger partial charge in [0.1, 0.15) is 11.6 Å². The van der Waals surface area contributed by atoms with E-state index in [4.69, 9.17) is 9.47 Å². The minimum Gasteiger partial charge on any atom is -0.490 e. The molecule has 0 unspecified atom stereocenters. The van der Waals surface area contributed by atoms with Crippen LogP contribution in [0, 0.1) is 11.6 Å². The molecule has 0 saturated heterocycles. The van der Waals surface area contributed by atoms with Crippen LogP contribution in [0.4, 0.5) is 8.78 Å². The van der Waals surface area contributed by atoms with Crippen molar-refractivity contribution in [2.45, 2.75) is 45.7 Å². The summed E-state index contributed by atoms with van der Waals surface area (Å²) in [4.78, 5) is 14.7. The van der Waals surface area contributed by atoms with Gasteiger partial charge in [0.15, 0.2) is 11.5 Å². The quantitative estimate of drug-likeness (QED) is 0.504. The van der Waals surface area contributed by atoms with E-state index >= 15 is 0 Å². The normalized spacial score (nSPS) is 13.3. The summed E-state index contributed by atoms with van der Waals surface area (Å²) < 4.78 is 39.3. The lowest BCUT2D eigenvalue weighted by atomic mass is 10.1. The standard InChI is InChI=1S/C22H24BrF2NO3/c1-3-28-20-9-15(18(23)12-21(20)29-4-2)10-22(27)26(17-7-8-17)13-14-5-6-16(24)11-19(14)25/h5-6,9,11-12,17H,3-4,7-8,10,13H2,1-2H3. The summed E-state index contributed by atoms with van der Waals surface area (Å²) in [6.07, 6.45) is 1.93. The molecule has 0 bridgehead atoms. The van der Waals surface area contributed by atoms with Gasteiger partial charge >= 0.3 is 0 Å². The van der Waals surface area contributed by atoms with Gasteiger partial charge in [-0.15, -0.1) is 0 Å². The van der Waals surface area contributed by atoms with Crippen LogP contribution in [0.1, 0.15) is 37.8 Å². The van der Waals surface area contributed by atoms with E-state index in [1.807, 2.05) is 13.8 Å². The molecule has 1 amide bonds. The van der Waals surface area contributed by atoms with Gasteiger partial charge in [-0.1, -0.05) is 22.0 Å². The minimum atomic E-state index is -0.635. The van der Waals surface area contributed by atoms with Crippen LogP contribution in [0.15, 0.2) is 34.8 Å². The first kappa shape index (κ1) is 21.6. The maximum atomic E-state index is 14.1. The van der Waals surface area contributed by atoms with Gasteiger partial charge in [0.2, 0.25) is 5.91 Å². The SMILES string of the molecule is CCOc1cc(Br)c(CC(=O)N(Cc2ccc(F)cc2F)C2CC2)cc1OCC. The van der Waals surface area contributed by atoms with Crippen LogP contribution < -0.4 is 9.47 Å². The third-order valence-corrected chi connectivity index (χ3v) is 5.46. The molecular weight excluding hydrogens is 444 g/mol. The van der Waals surface area contributed by atoms with Crippen LogP contribution in [-0.2, 0) is 17.8 Å². The molecule has 1 aliphatic rings. The molecule has 1 saturated carbocycles. The smallest absolute Gasteiger partial charge is 0.227 e. The van der Waals surface area contributed by atoms with E-state index < -0.39 is 11.6 Å². The highest BCUT2D eigenvalue weighted by atomic mass is 79.9. The molecule has 3 rings (SSSR count). The molecule has 156 valence electrons. The fraction of sp³-hybridized carbons (Fsp3) is 0.409. The second-order valence-corrected chi connectivity index (χ2v) is 7.78. The average Bonchev–Trinajstić information content (AvgIpc) is 3.50. The van der Waals surface area contributed by atoms with E-state index in [2.05, 4.69) is 15.9 Å². The summed E-state index contributed by atoms with van der Waals surface area (Å²) in [6, 6.07) is 7.17. The number of ether oxygens (including phenoxy) is 2. The summed E-state index contributed by atoms with van der Waals surface area (Å²) in [7, 11) is 0. The third kappa shape index (κ3) is 5.47. The molecule has 0 heterocycles. The highest BCUT2D eigenvalue weighted by molar-refractivity contribution is 9.10. The molecule has 0 spiro atoms. The van der Waals surface area contributed by atoms with Crippen molar-refractivity contribution < 1.29 is 23.0 Å². The number of nitrogens with zero attached hydrogens (tertiary/aromatic N) is 1. The lowest BCUT2D eigenvalue weighted by Gasteiger charge is -2.23. The monoisotopic (exact) mass is 467 g/mol. The van der Waals surface area contributed by atoms with Crippen molar-refractivity contribution in [3.8, 4) is 11.5 Å². The topological polar surface area (TPSA) is 38.8 Å². The molecule has 0 radical (unpaired) electrons. The maximum Gasteiger partial charge on any atom is 0.227 e. The number of carbonyl (C=O) groups excluding carboxylic acids is 1. The van der Waals surface area contributed by atoms with E-state index in [0.717, 1.165) is 28.9 Å². The average molecular weight is 468 g/mol. The minimum absolute atomic E-state index is 0.0970. The van der Waals surface area contributed by atoms with Crippen molar-refractivity contribution in [1.29, 1.82) is 0 Å². The van der Waals surface area contributed by atoms with E-state index in [9.17, 15) is 13.6 Å². The van der Waals surface area contributed by atoms with E-state index in [1.54, 1.807) is 17.0 Å². The molecule has 0 aromatic heterocycles. The first-order valence-electron chi connectivity index (χ1n) is 9.74. The van der Waals surface area contributed by atoms with Crippen molar-refractivity contribution in [2.24, 2.45) is 0 Å². The zero-order valence-corrected chi connectivity index (χ0v) is 18.1. The zero-order valence-electron chi connectivity index (χ0n) is 16.5. The highest BCUT2D eigenvalue weighted by Crippen LogP contribution is 2.35. The Morgan fingerprint density at radius 2 is 1.72 bits per heavy atom. The molecule has 0 aliphatic heterocycles. The van der Waals surface area contributed by atoms with Crippen LogP contribution in [-0.4, -0.2) is 30.1 Å². The van der Waals surface area contributed by atoms with Gasteiger partial charge in [-0.25, -0.2) is 8.78 Å². The van der Waals surface area contributed by atoms with Crippen LogP contribution in [0.25, 0.3) is 0 Å². The van der Waals surface area contributed by atoms with E-state index in [0.29, 0.717) is 30.3 Å². The van der Waals surface area contributed by atoms with Crippen molar-refractivity contribution in [3.63, 3.8) is 0 Å².